The predicted octanol–water partition coefficient (Wildman–Crippen LogP) is 1.79. The summed E-state index contributed by atoms with van der Waals surface area (Å²) in [5.74, 6) is 1.45. The lowest BCUT2D eigenvalue weighted by atomic mass is 10.3. The summed E-state index contributed by atoms with van der Waals surface area (Å²) < 4.78 is 5.53. The summed E-state index contributed by atoms with van der Waals surface area (Å²) in [5, 5.41) is 8.59. The smallest absolute Gasteiger partial charge is 0.276 e. The maximum atomic E-state index is 5.53. The first-order chi connectivity index (χ1) is 8.25. The SMILES string of the molecule is CN(C)CCSc1nnc(-c2cccnc2)o1. The zero-order valence-electron chi connectivity index (χ0n) is 9.83. The number of thioether (sulfide) groups is 1. The topological polar surface area (TPSA) is 55.1 Å². The molecular weight excluding hydrogens is 236 g/mol. The Bertz CT molecular complexity index is 458. The third-order valence-corrected chi connectivity index (χ3v) is 2.88. The summed E-state index contributed by atoms with van der Waals surface area (Å²) in [5.41, 5.74) is 0.847. The van der Waals surface area contributed by atoms with Crippen molar-refractivity contribution in [1.82, 2.24) is 20.1 Å². The van der Waals surface area contributed by atoms with E-state index in [2.05, 4.69) is 20.1 Å². The molecule has 0 amide bonds. The molecule has 0 bridgehead atoms. The van der Waals surface area contributed by atoms with Gasteiger partial charge in [-0.1, -0.05) is 11.8 Å². The van der Waals surface area contributed by atoms with Crippen LogP contribution in [0, 0.1) is 0 Å². The highest BCUT2D eigenvalue weighted by molar-refractivity contribution is 7.99. The summed E-state index contributed by atoms with van der Waals surface area (Å²) in [7, 11) is 4.07. The lowest BCUT2D eigenvalue weighted by Crippen LogP contribution is -2.14. The molecule has 0 aliphatic heterocycles. The van der Waals surface area contributed by atoms with Gasteiger partial charge in [0.05, 0.1) is 5.56 Å². The van der Waals surface area contributed by atoms with Crippen LogP contribution in [0.4, 0.5) is 0 Å². The van der Waals surface area contributed by atoms with Gasteiger partial charge >= 0.3 is 0 Å². The lowest BCUT2D eigenvalue weighted by molar-refractivity contribution is 0.434. The monoisotopic (exact) mass is 250 g/mol. The molecule has 0 radical (unpaired) electrons. The zero-order valence-corrected chi connectivity index (χ0v) is 10.6. The summed E-state index contributed by atoms with van der Waals surface area (Å²) >= 11 is 1.56. The van der Waals surface area contributed by atoms with Gasteiger partial charge in [-0.05, 0) is 26.2 Å². The summed E-state index contributed by atoms with van der Waals surface area (Å²) in [6, 6.07) is 3.74. The summed E-state index contributed by atoms with van der Waals surface area (Å²) in [4.78, 5) is 6.13. The van der Waals surface area contributed by atoms with E-state index in [1.165, 1.54) is 0 Å². The van der Waals surface area contributed by atoms with Crippen molar-refractivity contribution in [1.29, 1.82) is 0 Å². The average Bonchev–Trinajstić information content (AvgIpc) is 2.78. The van der Waals surface area contributed by atoms with Crippen molar-refractivity contribution in [2.24, 2.45) is 0 Å². The third kappa shape index (κ3) is 3.54. The van der Waals surface area contributed by atoms with Gasteiger partial charge in [0, 0.05) is 24.7 Å². The molecule has 0 fully saturated rings. The molecule has 0 unspecified atom stereocenters. The fraction of sp³-hybridized carbons (Fsp3) is 0.364. The van der Waals surface area contributed by atoms with Crippen LogP contribution in [0.5, 0.6) is 0 Å². The normalized spacial score (nSPS) is 11.0. The molecular formula is C11H14N4OS. The highest BCUT2D eigenvalue weighted by Gasteiger charge is 2.08. The quantitative estimate of drug-likeness (QED) is 0.754. The van der Waals surface area contributed by atoms with Crippen LogP contribution in [0.2, 0.25) is 0 Å². The van der Waals surface area contributed by atoms with Crippen molar-refractivity contribution >= 4 is 11.8 Å². The average molecular weight is 250 g/mol. The highest BCUT2D eigenvalue weighted by atomic mass is 32.2. The molecule has 0 spiro atoms. The molecule has 0 saturated carbocycles. The fourth-order valence-electron chi connectivity index (χ4n) is 1.19. The van der Waals surface area contributed by atoms with E-state index >= 15 is 0 Å². The molecule has 0 saturated heterocycles. The summed E-state index contributed by atoms with van der Waals surface area (Å²) in [6.45, 7) is 0.981. The Kier molecular flexibility index (Phi) is 4.11. The number of nitrogens with zero attached hydrogens (tertiary/aromatic N) is 4. The summed E-state index contributed by atoms with van der Waals surface area (Å²) in [6.07, 6.45) is 3.42. The molecule has 0 aliphatic carbocycles. The van der Waals surface area contributed by atoms with E-state index in [0.29, 0.717) is 11.1 Å². The van der Waals surface area contributed by atoms with E-state index in [1.807, 2.05) is 26.2 Å². The molecule has 90 valence electrons. The van der Waals surface area contributed by atoms with Crippen molar-refractivity contribution in [3.05, 3.63) is 24.5 Å². The minimum atomic E-state index is 0.519. The number of rotatable bonds is 5. The molecule has 0 aromatic carbocycles. The van der Waals surface area contributed by atoms with Crippen molar-refractivity contribution in [2.45, 2.75) is 5.22 Å². The molecule has 0 atom stereocenters. The molecule has 5 nitrogen and oxygen atoms in total. The number of hydrogen-bond acceptors (Lipinski definition) is 6. The maximum Gasteiger partial charge on any atom is 0.276 e. The highest BCUT2D eigenvalue weighted by Crippen LogP contribution is 2.21. The van der Waals surface area contributed by atoms with Gasteiger partial charge in [0.15, 0.2) is 0 Å². The van der Waals surface area contributed by atoms with E-state index in [4.69, 9.17) is 4.42 Å². The van der Waals surface area contributed by atoms with E-state index in [-0.39, 0.29) is 0 Å². The maximum absolute atomic E-state index is 5.53. The third-order valence-electron chi connectivity index (χ3n) is 2.08. The van der Waals surface area contributed by atoms with Gasteiger partial charge in [-0.3, -0.25) is 4.98 Å². The Balaban J connectivity index is 1.97. The molecule has 2 rings (SSSR count). The van der Waals surface area contributed by atoms with Crippen LogP contribution >= 0.6 is 11.8 Å². The van der Waals surface area contributed by atoms with Gasteiger partial charge < -0.3 is 9.32 Å². The van der Waals surface area contributed by atoms with E-state index in [0.717, 1.165) is 17.9 Å². The second-order valence-electron chi connectivity index (χ2n) is 3.77. The van der Waals surface area contributed by atoms with Crippen LogP contribution in [0.15, 0.2) is 34.2 Å². The Hall–Kier alpha value is -1.40. The van der Waals surface area contributed by atoms with E-state index in [9.17, 15) is 0 Å². The largest absolute Gasteiger partial charge is 0.411 e. The zero-order chi connectivity index (χ0) is 12.1. The Morgan fingerprint density at radius 2 is 2.24 bits per heavy atom. The van der Waals surface area contributed by atoms with Gasteiger partial charge in [0.25, 0.3) is 5.22 Å². The van der Waals surface area contributed by atoms with Crippen LogP contribution in [0.1, 0.15) is 0 Å². The van der Waals surface area contributed by atoms with Gasteiger partial charge in [-0.25, -0.2) is 0 Å². The van der Waals surface area contributed by atoms with Crippen molar-refractivity contribution in [3.8, 4) is 11.5 Å². The second kappa shape index (κ2) is 5.79. The van der Waals surface area contributed by atoms with Gasteiger partial charge in [-0.2, -0.15) is 0 Å². The fourth-order valence-corrected chi connectivity index (χ4v) is 2.06. The minimum absolute atomic E-state index is 0.519. The Labute approximate surface area is 104 Å². The van der Waals surface area contributed by atoms with Gasteiger partial charge in [0.2, 0.25) is 5.89 Å². The minimum Gasteiger partial charge on any atom is -0.411 e. The van der Waals surface area contributed by atoms with E-state index in [1.54, 1.807) is 24.2 Å². The molecule has 2 heterocycles. The predicted molar refractivity (Wildman–Crippen MR) is 66.8 cm³/mol. The second-order valence-corrected chi connectivity index (χ2v) is 4.81. The van der Waals surface area contributed by atoms with E-state index < -0.39 is 0 Å². The Morgan fingerprint density at radius 1 is 1.35 bits per heavy atom. The van der Waals surface area contributed by atoms with Crippen LogP contribution < -0.4 is 0 Å². The molecule has 6 heteroatoms. The number of hydrogen-bond donors (Lipinski definition) is 0. The standard InChI is InChI=1S/C11H14N4OS/c1-15(2)6-7-17-11-14-13-10(16-11)9-4-3-5-12-8-9/h3-5,8H,6-7H2,1-2H3. The molecule has 2 aromatic heterocycles. The van der Waals surface area contributed by atoms with Crippen LogP contribution in [-0.4, -0.2) is 46.5 Å². The number of pyridine rings is 1. The van der Waals surface area contributed by atoms with Crippen LogP contribution in [0.3, 0.4) is 0 Å². The Morgan fingerprint density at radius 3 is 2.94 bits per heavy atom. The molecule has 17 heavy (non-hydrogen) atoms. The van der Waals surface area contributed by atoms with Gasteiger partial charge in [-0.15, -0.1) is 10.2 Å². The van der Waals surface area contributed by atoms with Crippen LogP contribution in [-0.2, 0) is 0 Å². The molecule has 0 N–H and O–H groups in total. The van der Waals surface area contributed by atoms with Crippen LogP contribution in [0.25, 0.3) is 11.5 Å². The number of aromatic nitrogens is 3. The van der Waals surface area contributed by atoms with Crippen molar-refractivity contribution < 1.29 is 4.42 Å². The van der Waals surface area contributed by atoms with Crippen molar-refractivity contribution in [3.63, 3.8) is 0 Å². The molecule has 0 aliphatic rings. The van der Waals surface area contributed by atoms with Gasteiger partial charge in [0.1, 0.15) is 0 Å². The lowest BCUT2D eigenvalue weighted by Gasteiger charge is -2.06. The first kappa shape index (κ1) is 12.1. The first-order valence-corrected chi connectivity index (χ1v) is 6.25. The first-order valence-electron chi connectivity index (χ1n) is 5.27. The molecule has 2 aromatic rings. The van der Waals surface area contributed by atoms with Crippen molar-refractivity contribution in [2.75, 3.05) is 26.4 Å².